The normalized spacial score (nSPS) is 19.3. The Labute approximate surface area is 113 Å². The average molecular weight is 278 g/mol. The molecule has 0 saturated carbocycles. The van der Waals surface area contributed by atoms with E-state index in [9.17, 15) is 9.59 Å². The Balaban J connectivity index is 1.99. The highest BCUT2D eigenvalue weighted by molar-refractivity contribution is 5.92. The van der Waals surface area contributed by atoms with Crippen molar-refractivity contribution in [1.29, 1.82) is 0 Å². The highest BCUT2D eigenvalue weighted by Crippen LogP contribution is 2.14. The summed E-state index contributed by atoms with van der Waals surface area (Å²) in [5, 5.41) is 9.02. The van der Waals surface area contributed by atoms with E-state index in [1.807, 2.05) is 0 Å². The lowest BCUT2D eigenvalue weighted by Crippen LogP contribution is -2.34. The summed E-state index contributed by atoms with van der Waals surface area (Å²) in [6.45, 7) is 1.82. The summed E-state index contributed by atoms with van der Waals surface area (Å²) < 4.78 is 12.3. The third kappa shape index (κ3) is 2.33. The number of hydrogen-bond acceptors (Lipinski definition) is 4. The van der Waals surface area contributed by atoms with Crippen molar-refractivity contribution in [2.75, 3.05) is 19.8 Å². The van der Waals surface area contributed by atoms with Crippen LogP contribution in [0.25, 0.3) is 11.0 Å². The van der Waals surface area contributed by atoms with Crippen LogP contribution in [0.15, 0.2) is 23.0 Å². The van der Waals surface area contributed by atoms with Crippen molar-refractivity contribution in [2.45, 2.75) is 12.6 Å². The Morgan fingerprint density at radius 3 is 3.00 bits per heavy atom. The van der Waals surface area contributed by atoms with Gasteiger partial charge in [-0.1, -0.05) is 0 Å². The monoisotopic (exact) mass is 278 g/mol. The summed E-state index contributed by atoms with van der Waals surface area (Å²) in [6, 6.07) is 4.54. The summed E-state index contributed by atoms with van der Waals surface area (Å²) in [5.74, 6) is -1.02. The van der Waals surface area contributed by atoms with Crippen LogP contribution in [0.2, 0.25) is 0 Å². The molecule has 7 nitrogen and oxygen atoms in total. The number of benzene rings is 1. The minimum atomic E-state index is -1.02. The molecule has 0 aliphatic carbocycles. The molecular weight excluding hydrogens is 264 g/mol. The molecule has 2 heterocycles. The second kappa shape index (κ2) is 5.10. The summed E-state index contributed by atoms with van der Waals surface area (Å²) in [5.41, 5.74) is 1.03. The zero-order valence-electron chi connectivity index (χ0n) is 10.7. The van der Waals surface area contributed by atoms with Crippen molar-refractivity contribution < 1.29 is 19.4 Å². The van der Waals surface area contributed by atoms with Gasteiger partial charge in [-0.05, 0) is 18.2 Å². The van der Waals surface area contributed by atoms with Gasteiger partial charge < -0.3 is 19.6 Å². The van der Waals surface area contributed by atoms with Crippen LogP contribution in [0.5, 0.6) is 0 Å². The largest absolute Gasteiger partial charge is 0.478 e. The first kappa shape index (κ1) is 12.9. The molecule has 1 atom stereocenters. The fourth-order valence-corrected chi connectivity index (χ4v) is 2.31. The van der Waals surface area contributed by atoms with Gasteiger partial charge in [0.25, 0.3) is 0 Å². The Bertz CT molecular complexity index is 696. The van der Waals surface area contributed by atoms with Gasteiger partial charge in [-0.2, -0.15) is 0 Å². The van der Waals surface area contributed by atoms with Crippen LogP contribution in [0.3, 0.4) is 0 Å². The smallest absolute Gasteiger partial charge is 0.335 e. The Kier molecular flexibility index (Phi) is 3.29. The maximum absolute atomic E-state index is 12.0. The minimum absolute atomic E-state index is 0.145. The van der Waals surface area contributed by atoms with E-state index in [1.54, 1.807) is 6.07 Å². The van der Waals surface area contributed by atoms with Crippen molar-refractivity contribution in [1.82, 2.24) is 9.55 Å². The summed E-state index contributed by atoms with van der Waals surface area (Å²) >= 11 is 0. The molecule has 0 spiro atoms. The predicted octanol–water partition coefficient (Wildman–Crippen LogP) is 0.443. The number of carboxylic acids is 1. The summed E-state index contributed by atoms with van der Waals surface area (Å²) in [6.07, 6.45) is -0.200. The third-order valence-corrected chi connectivity index (χ3v) is 3.29. The Morgan fingerprint density at radius 1 is 1.45 bits per heavy atom. The van der Waals surface area contributed by atoms with Gasteiger partial charge in [-0.15, -0.1) is 0 Å². The molecule has 0 amide bonds. The zero-order valence-corrected chi connectivity index (χ0v) is 10.7. The number of nitrogens with one attached hydrogen (secondary N) is 1. The van der Waals surface area contributed by atoms with Gasteiger partial charge in [0.2, 0.25) is 0 Å². The van der Waals surface area contributed by atoms with E-state index in [1.165, 1.54) is 16.7 Å². The third-order valence-electron chi connectivity index (χ3n) is 3.29. The minimum Gasteiger partial charge on any atom is -0.478 e. The van der Waals surface area contributed by atoms with Crippen molar-refractivity contribution in [2.24, 2.45) is 0 Å². The molecule has 106 valence electrons. The Hall–Kier alpha value is -2.12. The van der Waals surface area contributed by atoms with Crippen LogP contribution in [-0.4, -0.2) is 46.6 Å². The molecule has 7 heteroatoms. The first-order chi connectivity index (χ1) is 9.65. The van der Waals surface area contributed by atoms with Crippen molar-refractivity contribution >= 4 is 17.0 Å². The molecule has 1 aliphatic heterocycles. The lowest BCUT2D eigenvalue weighted by atomic mass is 10.2. The van der Waals surface area contributed by atoms with Gasteiger partial charge in [0.15, 0.2) is 0 Å². The van der Waals surface area contributed by atoms with E-state index in [4.69, 9.17) is 14.6 Å². The molecule has 0 radical (unpaired) electrons. The second-order valence-electron chi connectivity index (χ2n) is 4.65. The average Bonchev–Trinajstić information content (AvgIpc) is 2.75. The van der Waals surface area contributed by atoms with Crippen LogP contribution < -0.4 is 5.69 Å². The van der Waals surface area contributed by atoms with E-state index in [0.29, 0.717) is 37.4 Å². The number of aromatic carboxylic acids is 1. The van der Waals surface area contributed by atoms with E-state index in [2.05, 4.69) is 4.98 Å². The number of aromatic nitrogens is 2. The number of nitrogens with zero attached hydrogens (tertiary/aromatic N) is 1. The molecule has 1 aromatic heterocycles. The Morgan fingerprint density at radius 2 is 2.30 bits per heavy atom. The molecule has 20 heavy (non-hydrogen) atoms. The number of hydrogen-bond donors (Lipinski definition) is 2. The van der Waals surface area contributed by atoms with Crippen LogP contribution in [0.4, 0.5) is 0 Å². The topological polar surface area (TPSA) is 93.6 Å². The van der Waals surface area contributed by atoms with E-state index in [0.717, 1.165) is 0 Å². The van der Waals surface area contributed by atoms with Crippen molar-refractivity contribution in [3.05, 3.63) is 34.2 Å². The number of fused-ring (bicyclic) bond motifs is 1. The van der Waals surface area contributed by atoms with E-state index >= 15 is 0 Å². The predicted molar refractivity (Wildman–Crippen MR) is 70.1 cm³/mol. The molecule has 1 aliphatic rings. The number of aromatic amines is 1. The summed E-state index contributed by atoms with van der Waals surface area (Å²) in [7, 11) is 0. The van der Waals surface area contributed by atoms with Gasteiger partial charge >= 0.3 is 11.7 Å². The zero-order chi connectivity index (χ0) is 14.1. The molecule has 2 aromatic rings. The van der Waals surface area contributed by atoms with E-state index < -0.39 is 5.97 Å². The number of H-pyrrole nitrogens is 1. The van der Waals surface area contributed by atoms with Crippen LogP contribution in [0, 0.1) is 0 Å². The highest BCUT2D eigenvalue weighted by atomic mass is 16.6. The SMILES string of the molecule is O=C(O)c1ccc2[nH]c(=O)n(CC3COCCO3)c2c1. The fraction of sp³-hybridized carbons (Fsp3) is 0.385. The molecule has 3 rings (SSSR count). The lowest BCUT2D eigenvalue weighted by molar-refractivity contribution is -0.0934. The quantitative estimate of drug-likeness (QED) is 0.850. The molecule has 0 bridgehead atoms. The van der Waals surface area contributed by atoms with Gasteiger partial charge in [0.05, 0.1) is 49.1 Å². The molecule has 1 saturated heterocycles. The van der Waals surface area contributed by atoms with Gasteiger partial charge in [0, 0.05) is 0 Å². The van der Waals surface area contributed by atoms with Gasteiger partial charge in [-0.25, -0.2) is 9.59 Å². The molecular formula is C13H14N2O5. The van der Waals surface area contributed by atoms with E-state index in [-0.39, 0.29) is 17.4 Å². The molecule has 1 aromatic carbocycles. The van der Waals surface area contributed by atoms with Crippen molar-refractivity contribution in [3.8, 4) is 0 Å². The number of imidazole rings is 1. The van der Waals surface area contributed by atoms with Crippen LogP contribution >= 0.6 is 0 Å². The number of ether oxygens (including phenoxy) is 2. The standard InChI is InChI=1S/C13H14N2O5/c16-12(17)8-1-2-10-11(5-8)15(13(18)14-10)6-9-7-19-3-4-20-9/h1-2,5,9H,3-4,6-7H2,(H,14,18)(H,16,17). The first-order valence-corrected chi connectivity index (χ1v) is 6.30. The first-order valence-electron chi connectivity index (χ1n) is 6.30. The summed E-state index contributed by atoms with van der Waals surface area (Å²) in [4.78, 5) is 25.7. The second-order valence-corrected chi connectivity index (χ2v) is 4.65. The maximum Gasteiger partial charge on any atom is 0.335 e. The van der Waals surface area contributed by atoms with Crippen molar-refractivity contribution in [3.63, 3.8) is 0 Å². The number of rotatable bonds is 3. The van der Waals surface area contributed by atoms with Crippen LogP contribution in [0.1, 0.15) is 10.4 Å². The van der Waals surface area contributed by atoms with Gasteiger partial charge in [0.1, 0.15) is 0 Å². The number of carbonyl (C=O) groups is 1. The van der Waals surface area contributed by atoms with Gasteiger partial charge in [-0.3, -0.25) is 4.57 Å². The molecule has 1 fully saturated rings. The molecule has 1 unspecified atom stereocenters. The number of carboxylic acid groups (broad SMARTS) is 1. The fourth-order valence-electron chi connectivity index (χ4n) is 2.31. The molecule has 2 N–H and O–H groups in total. The highest BCUT2D eigenvalue weighted by Gasteiger charge is 2.18. The maximum atomic E-state index is 12.0. The van der Waals surface area contributed by atoms with Crippen LogP contribution in [-0.2, 0) is 16.0 Å². The lowest BCUT2D eigenvalue weighted by Gasteiger charge is -2.23.